The van der Waals surface area contributed by atoms with E-state index in [1.165, 1.54) is 18.4 Å². The van der Waals surface area contributed by atoms with Crippen LogP contribution in [-0.2, 0) is 5.41 Å². The van der Waals surface area contributed by atoms with Gasteiger partial charge in [0.15, 0.2) is 11.5 Å². The smallest absolute Gasteiger partial charge is 0.276 e. The number of piperidine rings is 1. The van der Waals surface area contributed by atoms with Crippen LogP contribution in [0.4, 0.5) is 11.5 Å². The summed E-state index contributed by atoms with van der Waals surface area (Å²) in [5.41, 5.74) is 2.42. The predicted molar refractivity (Wildman–Crippen MR) is 106 cm³/mol. The highest BCUT2D eigenvalue weighted by molar-refractivity contribution is 6.02. The zero-order valence-corrected chi connectivity index (χ0v) is 16.1. The lowest BCUT2D eigenvalue weighted by molar-refractivity contribution is 0.102. The molecule has 5 nitrogen and oxygen atoms in total. The maximum Gasteiger partial charge on any atom is 0.276 e. The number of nitrogens with one attached hydrogen (secondary N) is 1. The number of aromatic nitrogens is 2. The molecule has 26 heavy (non-hydrogen) atoms. The molecule has 0 bridgehead atoms. The molecule has 1 fully saturated rings. The van der Waals surface area contributed by atoms with Crippen LogP contribution in [0.1, 0.15) is 56.6 Å². The summed E-state index contributed by atoms with van der Waals surface area (Å²) >= 11 is 0. The van der Waals surface area contributed by atoms with E-state index < -0.39 is 0 Å². The molecule has 1 aromatic heterocycles. The van der Waals surface area contributed by atoms with Crippen molar-refractivity contribution < 1.29 is 4.79 Å². The molecule has 1 amide bonds. The SMILES string of the molecule is CC1CCN(c2ccc(C(=O)Nc3ccc(C(C)(C)C)cc3)nn2)CC1. The summed E-state index contributed by atoms with van der Waals surface area (Å²) in [4.78, 5) is 14.6. The Kier molecular flexibility index (Phi) is 5.25. The van der Waals surface area contributed by atoms with Crippen LogP contribution in [0.2, 0.25) is 0 Å². The standard InChI is InChI=1S/C21H28N4O/c1-15-11-13-25(14-12-15)19-10-9-18(23-24-19)20(26)22-17-7-5-16(6-8-17)21(2,3)4/h5-10,15H,11-14H2,1-4H3,(H,22,26). The van der Waals surface area contributed by atoms with Crippen LogP contribution in [0.5, 0.6) is 0 Å². The van der Waals surface area contributed by atoms with E-state index in [1.54, 1.807) is 6.07 Å². The molecular weight excluding hydrogens is 324 g/mol. The third kappa shape index (κ3) is 4.40. The van der Waals surface area contributed by atoms with Crippen molar-refractivity contribution in [3.8, 4) is 0 Å². The summed E-state index contributed by atoms with van der Waals surface area (Å²) in [6, 6.07) is 11.6. The summed E-state index contributed by atoms with van der Waals surface area (Å²) in [7, 11) is 0. The number of carbonyl (C=O) groups is 1. The van der Waals surface area contributed by atoms with Gasteiger partial charge in [-0.1, -0.05) is 39.8 Å². The third-order valence-corrected chi connectivity index (χ3v) is 5.00. The predicted octanol–water partition coefficient (Wildman–Crippen LogP) is 4.26. The molecule has 5 heteroatoms. The van der Waals surface area contributed by atoms with E-state index in [-0.39, 0.29) is 11.3 Å². The van der Waals surface area contributed by atoms with Crippen molar-refractivity contribution in [3.63, 3.8) is 0 Å². The van der Waals surface area contributed by atoms with E-state index in [1.807, 2.05) is 30.3 Å². The molecule has 138 valence electrons. The van der Waals surface area contributed by atoms with Crippen molar-refractivity contribution in [2.45, 2.75) is 46.0 Å². The average molecular weight is 352 g/mol. The van der Waals surface area contributed by atoms with E-state index in [2.05, 4.69) is 48.1 Å². The Bertz CT molecular complexity index is 739. The molecule has 1 aliphatic rings. The fourth-order valence-corrected chi connectivity index (χ4v) is 3.10. The first-order valence-corrected chi connectivity index (χ1v) is 9.33. The second-order valence-electron chi connectivity index (χ2n) is 8.23. The number of carbonyl (C=O) groups excluding carboxylic acids is 1. The molecule has 1 aromatic carbocycles. The molecule has 3 rings (SSSR count). The van der Waals surface area contributed by atoms with Crippen molar-refractivity contribution in [1.29, 1.82) is 0 Å². The molecule has 0 radical (unpaired) electrons. The molecule has 0 spiro atoms. The number of rotatable bonds is 3. The van der Waals surface area contributed by atoms with E-state index in [0.29, 0.717) is 5.69 Å². The Labute approximate surface area is 155 Å². The van der Waals surface area contributed by atoms with Gasteiger partial charge < -0.3 is 10.2 Å². The Hall–Kier alpha value is -2.43. The summed E-state index contributed by atoms with van der Waals surface area (Å²) < 4.78 is 0. The quantitative estimate of drug-likeness (QED) is 0.896. The first-order valence-electron chi connectivity index (χ1n) is 9.33. The zero-order valence-electron chi connectivity index (χ0n) is 16.1. The first kappa shape index (κ1) is 18.4. The average Bonchev–Trinajstić information content (AvgIpc) is 2.62. The maximum absolute atomic E-state index is 12.4. The minimum absolute atomic E-state index is 0.0933. The lowest BCUT2D eigenvalue weighted by atomic mass is 9.87. The van der Waals surface area contributed by atoms with Gasteiger partial charge in [-0.05, 0) is 54.0 Å². The lowest BCUT2D eigenvalue weighted by Crippen LogP contribution is -2.33. The highest BCUT2D eigenvalue weighted by atomic mass is 16.1. The summed E-state index contributed by atoms with van der Waals surface area (Å²) in [6.07, 6.45) is 2.35. The van der Waals surface area contributed by atoms with Gasteiger partial charge >= 0.3 is 0 Å². The largest absolute Gasteiger partial charge is 0.355 e. The highest BCUT2D eigenvalue weighted by Crippen LogP contribution is 2.24. The topological polar surface area (TPSA) is 58.1 Å². The van der Waals surface area contributed by atoms with Crippen LogP contribution < -0.4 is 10.2 Å². The van der Waals surface area contributed by atoms with Gasteiger partial charge in [0.1, 0.15) is 0 Å². The molecule has 2 aromatic rings. The van der Waals surface area contributed by atoms with E-state index in [0.717, 1.165) is 30.5 Å². The van der Waals surface area contributed by atoms with E-state index in [4.69, 9.17) is 0 Å². The van der Waals surface area contributed by atoms with Gasteiger partial charge in [-0.2, -0.15) is 0 Å². The molecule has 1 saturated heterocycles. The monoisotopic (exact) mass is 352 g/mol. The normalized spacial score (nSPS) is 15.8. The van der Waals surface area contributed by atoms with E-state index in [9.17, 15) is 4.79 Å². The molecule has 0 aliphatic carbocycles. The second kappa shape index (κ2) is 7.44. The Morgan fingerprint density at radius 3 is 2.23 bits per heavy atom. The van der Waals surface area contributed by atoms with Crippen LogP contribution in [0.25, 0.3) is 0 Å². The van der Waals surface area contributed by atoms with Crippen molar-refractivity contribution >= 4 is 17.4 Å². The van der Waals surface area contributed by atoms with Crippen molar-refractivity contribution in [2.75, 3.05) is 23.3 Å². The number of nitrogens with zero attached hydrogens (tertiary/aromatic N) is 3. The van der Waals surface area contributed by atoms with Gasteiger partial charge in [0.2, 0.25) is 0 Å². The van der Waals surface area contributed by atoms with Crippen LogP contribution in [0.15, 0.2) is 36.4 Å². The Balaban J connectivity index is 1.63. The molecule has 0 unspecified atom stereocenters. The molecule has 0 atom stereocenters. The van der Waals surface area contributed by atoms with Crippen LogP contribution in [0.3, 0.4) is 0 Å². The van der Waals surface area contributed by atoms with E-state index >= 15 is 0 Å². The van der Waals surface area contributed by atoms with Gasteiger partial charge in [0.25, 0.3) is 5.91 Å². The van der Waals surface area contributed by atoms with Gasteiger partial charge in [0, 0.05) is 18.8 Å². The number of hydrogen-bond donors (Lipinski definition) is 1. The van der Waals surface area contributed by atoms with Gasteiger partial charge in [-0.3, -0.25) is 4.79 Å². The summed E-state index contributed by atoms with van der Waals surface area (Å²) in [5, 5.41) is 11.3. The van der Waals surface area contributed by atoms with Crippen LogP contribution in [-0.4, -0.2) is 29.2 Å². The number of anilines is 2. The van der Waals surface area contributed by atoms with Crippen molar-refractivity contribution in [3.05, 3.63) is 47.7 Å². The summed E-state index contributed by atoms with van der Waals surface area (Å²) in [5.74, 6) is 1.39. The number of hydrogen-bond acceptors (Lipinski definition) is 4. The fraction of sp³-hybridized carbons (Fsp3) is 0.476. The fourth-order valence-electron chi connectivity index (χ4n) is 3.10. The van der Waals surface area contributed by atoms with Gasteiger partial charge in [0.05, 0.1) is 0 Å². The number of benzene rings is 1. The Morgan fingerprint density at radius 1 is 1.04 bits per heavy atom. The summed E-state index contributed by atoms with van der Waals surface area (Å²) in [6.45, 7) is 10.8. The molecule has 1 N–H and O–H groups in total. The van der Waals surface area contributed by atoms with Crippen LogP contribution in [0, 0.1) is 5.92 Å². The molecule has 1 aliphatic heterocycles. The van der Waals surface area contributed by atoms with Gasteiger partial charge in [-0.15, -0.1) is 10.2 Å². The van der Waals surface area contributed by atoms with Gasteiger partial charge in [-0.25, -0.2) is 0 Å². The lowest BCUT2D eigenvalue weighted by Gasteiger charge is -2.30. The zero-order chi connectivity index (χ0) is 18.7. The minimum atomic E-state index is -0.236. The van der Waals surface area contributed by atoms with Crippen molar-refractivity contribution in [1.82, 2.24) is 10.2 Å². The molecule has 2 heterocycles. The Morgan fingerprint density at radius 2 is 1.69 bits per heavy atom. The van der Waals surface area contributed by atoms with Crippen molar-refractivity contribution in [2.24, 2.45) is 5.92 Å². The molecular formula is C21H28N4O. The number of amides is 1. The third-order valence-electron chi connectivity index (χ3n) is 5.00. The highest BCUT2D eigenvalue weighted by Gasteiger charge is 2.18. The maximum atomic E-state index is 12.4. The van der Waals surface area contributed by atoms with Crippen LogP contribution >= 0.6 is 0 Å². The minimum Gasteiger partial charge on any atom is -0.355 e. The first-order chi connectivity index (χ1) is 12.3. The second-order valence-corrected chi connectivity index (χ2v) is 8.23. The molecule has 0 saturated carbocycles.